The molecule has 1 fully saturated rings. The highest BCUT2D eigenvalue weighted by molar-refractivity contribution is 5.73. The lowest BCUT2D eigenvalue weighted by atomic mass is 9.95. The highest BCUT2D eigenvalue weighted by Gasteiger charge is 2.25. The Balaban J connectivity index is 2.38. The molecule has 0 spiro atoms. The lowest BCUT2D eigenvalue weighted by molar-refractivity contribution is -0.141. The van der Waals surface area contributed by atoms with Crippen molar-refractivity contribution in [2.45, 2.75) is 18.9 Å². The molecule has 0 aliphatic carbocycles. The van der Waals surface area contributed by atoms with Crippen LogP contribution in [0, 0.1) is 5.92 Å². The fourth-order valence-corrected chi connectivity index (χ4v) is 1.25. The van der Waals surface area contributed by atoms with E-state index in [1.165, 1.54) is 0 Å². The maximum Gasteiger partial charge on any atom is 0.320 e. The Morgan fingerprint density at radius 3 is 2.91 bits per heavy atom. The molecule has 0 aromatic heterocycles. The zero-order valence-corrected chi connectivity index (χ0v) is 6.32. The molecule has 0 bridgehead atoms. The summed E-state index contributed by atoms with van der Waals surface area (Å²) in [7, 11) is 0. The number of ether oxygens (including phenoxy) is 1. The van der Waals surface area contributed by atoms with Crippen molar-refractivity contribution < 1.29 is 14.6 Å². The molecule has 1 rings (SSSR count). The number of carboxylic acid groups (broad SMARTS) is 1. The summed E-state index contributed by atoms with van der Waals surface area (Å²) in [6.07, 6.45) is 1.79. The van der Waals surface area contributed by atoms with Crippen molar-refractivity contribution in [3.8, 4) is 0 Å². The van der Waals surface area contributed by atoms with E-state index in [-0.39, 0.29) is 5.92 Å². The number of rotatable bonds is 2. The molecule has 1 aliphatic rings. The Hall–Kier alpha value is -0.610. The van der Waals surface area contributed by atoms with Gasteiger partial charge in [0, 0.05) is 12.5 Å². The van der Waals surface area contributed by atoms with Crippen LogP contribution in [-0.4, -0.2) is 30.3 Å². The number of carboxylic acids is 1. The molecule has 4 heteroatoms. The van der Waals surface area contributed by atoms with Gasteiger partial charge in [-0.05, 0) is 12.8 Å². The first-order chi connectivity index (χ1) is 5.22. The summed E-state index contributed by atoms with van der Waals surface area (Å²) < 4.78 is 5.11. The summed E-state index contributed by atoms with van der Waals surface area (Å²) in [6.45, 7) is 1.23. The van der Waals surface area contributed by atoms with Gasteiger partial charge < -0.3 is 15.6 Å². The molecule has 1 aliphatic heterocycles. The Kier molecular flexibility index (Phi) is 2.84. The highest BCUT2D eigenvalue weighted by Crippen LogP contribution is 2.15. The highest BCUT2D eigenvalue weighted by atomic mass is 16.5. The molecular formula is C7H13NO3. The van der Waals surface area contributed by atoms with Gasteiger partial charge in [0.15, 0.2) is 0 Å². The minimum atomic E-state index is -0.930. The van der Waals surface area contributed by atoms with Crippen LogP contribution in [0.25, 0.3) is 0 Å². The maximum absolute atomic E-state index is 10.4. The molecule has 11 heavy (non-hydrogen) atoms. The van der Waals surface area contributed by atoms with Gasteiger partial charge in [-0.1, -0.05) is 0 Å². The van der Waals surface area contributed by atoms with Gasteiger partial charge in [0.1, 0.15) is 6.04 Å². The summed E-state index contributed by atoms with van der Waals surface area (Å²) >= 11 is 0. The van der Waals surface area contributed by atoms with Crippen molar-refractivity contribution in [2.75, 3.05) is 13.2 Å². The van der Waals surface area contributed by atoms with Crippen LogP contribution in [0.4, 0.5) is 0 Å². The minimum absolute atomic E-state index is 0.00116. The van der Waals surface area contributed by atoms with Crippen molar-refractivity contribution in [2.24, 2.45) is 11.7 Å². The van der Waals surface area contributed by atoms with Gasteiger partial charge in [-0.15, -0.1) is 0 Å². The van der Waals surface area contributed by atoms with Crippen LogP contribution < -0.4 is 5.73 Å². The first kappa shape index (κ1) is 8.49. The normalized spacial score (nSPS) is 27.9. The van der Waals surface area contributed by atoms with Gasteiger partial charge >= 0.3 is 5.97 Å². The van der Waals surface area contributed by atoms with Crippen LogP contribution in [-0.2, 0) is 9.53 Å². The lowest BCUT2D eigenvalue weighted by Gasteiger charge is -2.24. The number of carbonyl (C=O) groups is 1. The summed E-state index contributed by atoms with van der Waals surface area (Å²) in [5.74, 6) is -0.929. The second kappa shape index (κ2) is 3.69. The summed E-state index contributed by atoms with van der Waals surface area (Å²) in [6, 6.07) is -0.754. The van der Waals surface area contributed by atoms with E-state index >= 15 is 0 Å². The van der Waals surface area contributed by atoms with Crippen molar-refractivity contribution in [3.05, 3.63) is 0 Å². The first-order valence-corrected chi connectivity index (χ1v) is 3.78. The molecule has 0 aromatic carbocycles. The third kappa shape index (κ3) is 2.17. The molecule has 1 unspecified atom stereocenters. The largest absolute Gasteiger partial charge is 0.480 e. The molecule has 1 heterocycles. The molecule has 0 amide bonds. The molecule has 3 N–H and O–H groups in total. The third-order valence-electron chi connectivity index (χ3n) is 1.99. The van der Waals surface area contributed by atoms with Crippen molar-refractivity contribution in [1.29, 1.82) is 0 Å². The van der Waals surface area contributed by atoms with Crippen LogP contribution in [0.1, 0.15) is 12.8 Å². The van der Waals surface area contributed by atoms with E-state index in [0.29, 0.717) is 6.61 Å². The first-order valence-electron chi connectivity index (χ1n) is 3.78. The third-order valence-corrected chi connectivity index (χ3v) is 1.99. The van der Waals surface area contributed by atoms with Gasteiger partial charge in [-0.25, -0.2) is 0 Å². The smallest absolute Gasteiger partial charge is 0.320 e. The van der Waals surface area contributed by atoms with Crippen LogP contribution >= 0.6 is 0 Å². The van der Waals surface area contributed by atoms with Gasteiger partial charge in [0.2, 0.25) is 0 Å². The summed E-state index contributed by atoms with van der Waals surface area (Å²) in [4.78, 5) is 10.4. The van der Waals surface area contributed by atoms with Gasteiger partial charge in [-0.3, -0.25) is 4.79 Å². The van der Waals surface area contributed by atoms with Crippen molar-refractivity contribution in [3.63, 3.8) is 0 Å². The Bertz CT molecular complexity index is 143. The zero-order valence-electron chi connectivity index (χ0n) is 6.32. The predicted molar refractivity (Wildman–Crippen MR) is 39.2 cm³/mol. The maximum atomic E-state index is 10.4. The quantitative estimate of drug-likeness (QED) is 0.586. The zero-order chi connectivity index (χ0) is 8.27. The second-order valence-corrected chi connectivity index (χ2v) is 2.84. The average Bonchev–Trinajstić information content (AvgIpc) is 2.05. The molecule has 0 saturated carbocycles. The van der Waals surface area contributed by atoms with E-state index in [0.717, 1.165) is 19.4 Å². The van der Waals surface area contributed by atoms with E-state index < -0.39 is 12.0 Å². The van der Waals surface area contributed by atoms with E-state index in [4.69, 9.17) is 15.6 Å². The molecule has 2 atom stereocenters. The molecule has 4 nitrogen and oxygen atoms in total. The number of nitrogens with two attached hydrogens (primary N) is 1. The Morgan fingerprint density at radius 1 is 1.73 bits per heavy atom. The number of aliphatic carboxylic acids is 1. The molecule has 64 valence electrons. The standard InChI is InChI=1S/C7H13NO3/c8-6(7(9)10)5-2-1-3-11-4-5/h5-6H,1-4,8H2,(H,9,10)/t5?,6-/m1/s1. The van der Waals surface area contributed by atoms with Crippen LogP contribution in [0.5, 0.6) is 0 Å². The fraction of sp³-hybridized carbons (Fsp3) is 0.857. The molecular weight excluding hydrogens is 146 g/mol. The number of hydrogen-bond donors (Lipinski definition) is 2. The Labute approximate surface area is 65.3 Å². The van der Waals surface area contributed by atoms with Crippen LogP contribution in [0.3, 0.4) is 0 Å². The van der Waals surface area contributed by atoms with E-state index in [2.05, 4.69) is 0 Å². The van der Waals surface area contributed by atoms with Crippen molar-refractivity contribution in [1.82, 2.24) is 0 Å². The fourth-order valence-electron chi connectivity index (χ4n) is 1.25. The van der Waals surface area contributed by atoms with Gasteiger partial charge in [0.25, 0.3) is 0 Å². The second-order valence-electron chi connectivity index (χ2n) is 2.84. The van der Waals surface area contributed by atoms with E-state index in [1.54, 1.807) is 0 Å². The molecule has 0 aromatic rings. The topological polar surface area (TPSA) is 72.6 Å². The summed E-state index contributed by atoms with van der Waals surface area (Å²) in [5.41, 5.74) is 5.41. The van der Waals surface area contributed by atoms with Crippen LogP contribution in [0.2, 0.25) is 0 Å². The Morgan fingerprint density at radius 2 is 2.45 bits per heavy atom. The van der Waals surface area contributed by atoms with Gasteiger partial charge in [-0.2, -0.15) is 0 Å². The predicted octanol–water partition coefficient (Wildman–Crippen LogP) is -0.175. The number of hydrogen-bond acceptors (Lipinski definition) is 3. The molecule has 1 saturated heterocycles. The summed E-state index contributed by atoms with van der Waals surface area (Å²) in [5, 5.41) is 8.55. The van der Waals surface area contributed by atoms with Gasteiger partial charge in [0.05, 0.1) is 6.61 Å². The lowest BCUT2D eigenvalue weighted by Crippen LogP contribution is -2.41. The SMILES string of the molecule is N[C@@H](C(=O)O)C1CCCOC1. The monoisotopic (exact) mass is 159 g/mol. The van der Waals surface area contributed by atoms with E-state index in [9.17, 15) is 4.79 Å². The molecule has 0 radical (unpaired) electrons. The minimum Gasteiger partial charge on any atom is -0.480 e. The van der Waals surface area contributed by atoms with Crippen molar-refractivity contribution >= 4 is 5.97 Å². The van der Waals surface area contributed by atoms with E-state index in [1.807, 2.05) is 0 Å². The average molecular weight is 159 g/mol. The van der Waals surface area contributed by atoms with Crippen LogP contribution in [0.15, 0.2) is 0 Å².